The van der Waals surface area contributed by atoms with Gasteiger partial charge in [-0.25, -0.2) is 0 Å². The standard InChI is InChI=1S/C14H20N2O2/c15-9-2-10-16(12-3-1-4-12)14(18)11-5-7-13(17)8-6-11/h5-8,12,17H,1-4,9-10,15H2. The number of rotatable bonds is 5. The van der Waals surface area contributed by atoms with Crippen molar-refractivity contribution < 1.29 is 9.90 Å². The van der Waals surface area contributed by atoms with E-state index in [4.69, 9.17) is 5.73 Å². The molecule has 0 spiro atoms. The molecule has 3 N–H and O–H groups in total. The topological polar surface area (TPSA) is 66.6 Å². The molecule has 18 heavy (non-hydrogen) atoms. The number of hydrogen-bond donors (Lipinski definition) is 2. The van der Waals surface area contributed by atoms with E-state index in [1.54, 1.807) is 24.3 Å². The summed E-state index contributed by atoms with van der Waals surface area (Å²) >= 11 is 0. The van der Waals surface area contributed by atoms with Crippen molar-refractivity contribution in [3.8, 4) is 5.75 Å². The zero-order valence-corrected chi connectivity index (χ0v) is 10.5. The maximum atomic E-state index is 12.4. The van der Waals surface area contributed by atoms with E-state index in [0.717, 1.165) is 25.8 Å². The zero-order chi connectivity index (χ0) is 13.0. The molecule has 1 amide bonds. The molecule has 4 nitrogen and oxygen atoms in total. The van der Waals surface area contributed by atoms with E-state index >= 15 is 0 Å². The van der Waals surface area contributed by atoms with Crippen LogP contribution in [0.4, 0.5) is 0 Å². The van der Waals surface area contributed by atoms with Crippen molar-refractivity contribution in [2.24, 2.45) is 5.73 Å². The molecule has 1 fully saturated rings. The highest BCUT2D eigenvalue weighted by Crippen LogP contribution is 2.26. The van der Waals surface area contributed by atoms with Crippen molar-refractivity contribution in [2.45, 2.75) is 31.7 Å². The molecule has 2 rings (SSSR count). The molecule has 1 aliphatic rings. The fourth-order valence-corrected chi connectivity index (χ4v) is 2.18. The van der Waals surface area contributed by atoms with E-state index in [9.17, 15) is 9.90 Å². The number of hydrogen-bond acceptors (Lipinski definition) is 3. The van der Waals surface area contributed by atoms with Gasteiger partial charge >= 0.3 is 0 Å². The normalized spacial score (nSPS) is 15.2. The van der Waals surface area contributed by atoms with Gasteiger partial charge in [0.1, 0.15) is 5.75 Å². The number of nitrogens with zero attached hydrogens (tertiary/aromatic N) is 1. The van der Waals surface area contributed by atoms with Crippen LogP contribution < -0.4 is 5.73 Å². The maximum absolute atomic E-state index is 12.4. The first-order valence-electron chi connectivity index (χ1n) is 6.52. The molecule has 4 heteroatoms. The summed E-state index contributed by atoms with van der Waals surface area (Å²) < 4.78 is 0. The average molecular weight is 248 g/mol. The Morgan fingerprint density at radius 3 is 2.50 bits per heavy atom. The molecule has 0 saturated heterocycles. The Morgan fingerprint density at radius 1 is 1.33 bits per heavy atom. The lowest BCUT2D eigenvalue weighted by Crippen LogP contribution is -2.45. The van der Waals surface area contributed by atoms with Crippen LogP contribution in [0.3, 0.4) is 0 Å². The van der Waals surface area contributed by atoms with E-state index in [1.165, 1.54) is 6.42 Å². The highest BCUT2D eigenvalue weighted by molar-refractivity contribution is 5.94. The van der Waals surface area contributed by atoms with Gasteiger partial charge in [-0.15, -0.1) is 0 Å². The predicted octanol–water partition coefficient (Wildman–Crippen LogP) is 1.74. The summed E-state index contributed by atoms with van der Waals surface area (Å²) in [5.41, 5.74) is 6.16. The minimum absolute atomic E-state index is 0.0492. The Morgan fingerprint density at radius 2 is 2.00 bits per heavy atom. The van der Waals surface area contributed by atoms with Gasteiger partial charge in [0.15, 0.2) is 0 Å². The number of phenolic OH excluding ortho intramolecular Hbond substituents is 1. The summed E-state index contributed by atoms with van der Waals surface area (Å²) in [6, 6.07) is 6.82. The Bertz CT molecular complexity index is 399. The largest absolute Gasteiger partial charge is 0.508 e. The number of nitrogens with two attached hydrogens (primary N) is 1. The van der Waals surface area contributed by atoms with E-state index in [2.05, 4.69) is 0 Å². The monoisotopic (exact) mass is 248 g/mol. The molecule has 0 heterocycles. The number of carbonyl (C=O) groups excluding carboxylic acids is 1. The van der Waals surface area contributed by atoms with Crippen molar-refractivity contribution in [1.82, 2.24) is 4.90 Å². The van der Waals surface area contributed by atoms with Crippen LogP contribution in [-0.4, -0.2) is 35.0 Å². The van der Waals surface area contributed by atoms with Crippen LogP contribution in [0.15, 0.2) is 24.3 Å². The molecule has 1 aliphatic carbocycles. The van der Waals surface area contributed by atoms with Crippen LogP contribution in [0.2, 0.25) is 0 Å². The maximum Gasteiger partial charge on any atom is 0.254 e. The molecule has 0 radical (unpaired) electrons. The third kappa shape index (κ3) is 2.82. The average Bonchev–Trinajstić information content (AvgIpc) is 2.32. The molecule has 0 bridgehead atoms. The van der Waals surface area contributed by atoms with Crippen LogP contribution in [0.1, 0.15) is 36.0 Å². The summed E-state index contributed by atoms with van der Waals surface area (Å²) in [6.07, 6.45) is 4.22. The molecule has 0 aromatic heterocycles. The second kappa shape index (κ2) is 5.87. The Kier molecular flexibility index (Phi) is 4.20. The van der Waals surface area contributed by atoms with Crippen molar-refractivity contribution in [1.29, 1.82) is 0 Å². The summed E-state index contributed by atoms with van der Waals surface area (Å²) in [5.74, 6) is 0.233. The summed E-state index contributed by atoms with van der Waals surface area (Å²) in [6.45, 7) is 1.33. The fraction of sp³-hybridized carbons (Fsp3) is 0.500. The van der Waals surface area contributed by atoms with Gasteiger partial charge in [0.25, 0.3) is 5.91 Å². The highest BCUT2D eigenvalue weighted by atomic mass is 16.3. The predicted molar refractivity (Wildman–Crippen MR) is 70.5 cm³/mol. The van der Waals surface area contributed by atoms with Gasteiger partial charge in [0, 0.05) is 18.2 Å². The Balaban J connectivity index is 2.08. The third-order valence-corrected chi connectivity index (χ3v) is 3.49. The molecule has 0 atom stereocenters. The molecule has 0 unspecified atom stereocenters. The molecule has 98 valence electrons. The quantitative estimate of drug-likeness (QED) is 0.834. The fourth-order valence-electron chi connectivity index (χ4n) is 2.18. The first-order valence-corrected chi connectivity index (χ1v) is 6.52. The number of amides is 1. The Hall–Kier alpha value is -1.55. The molecule has 1 saturated carbocycles. The van der Waals surface area contributed by atoms with E-state index in [-0.39, 0.29) is 11.7 Å². The lowest BCUT2D eigenvalue weighted by atomic mass is 9.90. The lowest BCUT2D eigenvalue weighted by Gasteiger charge is -2.37. The van der Waals surface area contributed by atoms with Gasteiger partial charge in [-0.1, -0.05) is 0 Å². The number of carbonyl (C=O) groups is 1. The van der Waals surface area contributed by atoms with E-state index < -0.39 is 0 Å². The molecule has 1 aromatic carbocycles. The van der Waals surface area contributed by atoms with Crippen LogP contribution in [0.5, 0.6) is 5.75 Å². The Labute approximate surface area is 107 Å². The highest BCUT2D eigenvalue weighted by Gasteiger charge is 2.28. The van der Waals surface area contributed by atoms with Crippen LogP contribution in [0.25, 0.3) is 0 Å². The van der Waals surface area contributed by atoms with Gasteiger partial charge in [0.05, 0.1) is 0 Å². The van der Waals surface area contributed by atoms with E-state index in [0.29, 0.717) is 18.2 Å². The molecule has 1 aromatic rings. The number of phenols is 1. The van der Waals surface area contributed by atoms with Gasteiger partial charge < -0.3 is 15.7 Å². The van der Waals surface area contributed by atoms with Crippen molar-refractivity contribution in [3.63, 3.8) is 0 Å². The van der Waals surface area contributed by atoms with Crippen LogP contribution in [0, 0.1) is 0 Å². The lowest BCUT2D eigenvalue weighted by molar-refractivity contribution is 0.0578. The smallest absolute Gasteiger partial charge is 0.254 e. The molecular formula is C14H20N2O2. The zero-order valence-electron chi connectivity index (χ0n) is 10.5. The van der Waals surface area contributed by atoms with Crippen LogP contribution in [-0.2, 0) is 0 Å². The summed E-state index contributed by atoms with van der Waals surface area (Å²) in [5, 5.41) is 9.24. The minimum atomic E-state index is 0.0492. The van der Waals surface area contributed by atoms with Gasteiger partial charge in [0.2, 0.25) is 0 Å². The van der Waals surface area contributed by atoms with Crippen molar-refractivity contribution in [2.75, 3.05) is 13.1 Å². The number of aromatic hydroxyl groups is 1. The van der Waals surface area contributed by atoms with E-state index in [1.807, 2.05) is 4.90 Å². The second-order valence-corrected chi connectivity index (χ2v) is 4.77. The summed E-state index contributed by atoms with van der Waals surface area (Å²) in [7, 11) is 0. The third-order valence-electron chi connectivity index (χ3n) is 3.49. The SMILES string of the molecule is NCCCN(C(=O)c1ccc(O)cc1)C1CCC1. The molecule has 0 aliphatic heterocycles. The van der Waals surface area contributed by atoms with Crippen molar-refractivity contribution >= 4 is 5.91 Å². The first-order chi connectivity index (χ1) is 8.72. The van der Waals surface area contributed by atoms with Gasteiger partial charge in [-0.05, 0) is 56.5 Å². The number of benzene rings is 1. The summed E-state index contributed by atoms with van der Waals surface area (Å²) in [4.78, 5) is 14.3. The first kappa shape index (κ1) is 12.9. The minimum Gasteiger partial charge on any atom is -0.508 e. The van der Waals surface area contributed by atoms with Gasteiger partial charge in [-0.2, -0.15) is 0 Å². The van der Waals surface area contributed by atoms with Crippen LogP contribution >= 0.6 is 0 Å². The van der Waals surface area contributed by atoms with Gasteiger partial charge in [-0.3, -0.25) is 4.79 Å². The van der Waals surface area contributed by atoms with Crippen molar-refractivity contribution in [3.05, 3.63) is 29.8 Å². The second-order valence-electron chi connectivity index (χ2n) is 4.77. The molecular weight excluding hydrogens is 228 g/mol.